The molecule has 2 atom stereocenters. The van der Waals surface area contributed by atoms with Gasteiger partial charge in [0.05, 0.1) is 32.8 Å². The number of halogens is 1. The molecule has 9 heteroatoms. The van der Waals surface area contributed by atoms with Crippen LogP contribution in [0.1, 0.15) is 50.0 Å². The van der Waals surface area contributed by atoms with Crippen molar-refractivity contribution in [3.05, 3.63) is 109 Å². The summed E-state index contributed by atoms with van der Waals surface area (Å²) >= 11 is 5.29. The van der Waals surface area contributed by atoms with Gasteiger partial charge in [-0.2, -0.15) is 0 Å². The maximum atomic E-state index is 13.3. The summed E-state index contributed by atoms with van der Waals surface area (Å²) in [7, 11) is 7.00. The molecule has 7 nitrogen and oxygen atoms in total. The van der Waals surface area contributed by atoms with Gasteiger partial charge in [0.1, 0.15) is 11.4 Å². The Hall–Kier alpha value is -3.50. The molecule has 0 aliphatic rings. The van der Waals surface area contributed by atoms with Crippen molar-refractivity contribution >= 4 is 38.2 Å². The van der Waals surface area contributed by atoms with Gasteiger partial charge in [-0.3, -0.25) is 0 Å². The van der Waals surface area contributed by atoms with Crippen molar-refractivity contribution in [2.75, 3.05) is 34.9 Å². The molecule has 5 aromatic rings. The zero-order valence-electron chi connectivity index (χ0n) is 26.8. The molecule has 5 rings (SSSR count). The quantitative estimate of drug-likeness (QED) is 0.142. The van der Waals surface area contributed by atoms with Crippen LogP contribution in [0.3, 0.4) is 0 Å². The van der Waals surface area contributed by atoms with Crippen molar-refractivity contribution in [2.24, 2.45) is 0 Å². The number of aryl methyl sites for hydroxylation is 3. The van der Waals surface area contributed by atoms with E-state index < -0.39 is 11.5 Å². The molecule has 236 valence electrons. The van der Waals surface area contributed by atoms with E-state index in [0.717, 1.165) is 58.8 Å². The van der Waals surface area contributed by atoms with Gasteiger partial charge in [0.25, 0.3) is 0 Å². The molecule has 2 unspecified atom stereocenters. The number of aliphatic hydroxyl groups is 1. The van der Waals surface area contributed by atoms with Gasteiger partial charge in [-0.1, -0.05) is 28.1 Å². The van der Waals surface area contributed by atoms with Crippen molar-refractivity contribution in [1.29, 1.82) is 0 Å². The first-order valence-electron chi connectivity index (χ1n) is 14.8. The van der Waals surface area contributed by atoms with Crippen molar-refractivity contribution in [3.8, 4) is 17.5 Å². The van der Waals surface area contributed by atoms with Crippen molar-refractivity contribution in [3.63, 3.8) is 0 Å². The second kappa shape index (κ2) is 13.9. The predicted octanol–water partition coefficient (Wildman–Crippen LogP) is 7.95. The number of hydrogen-bond acceptors (Lipinski definition) is 8. The van der Waals surface area contributed by atoms with Crippen molar-refractivity contribution < 1.29 is 19.3 Å². The third-order valence-corrected chi connectivity index (χ3v) is 9.75. The zero-order valence-corrected chi connectivity index (χ0v) is 29.3. The zero-order chi connectivity index (χ0) is 32.3. The average molecular weight is 691 g/mol. The van der Waals surface area contributed by atoms with Crippen LogP contribution in [-0.2, 0) is 12.1 Å². The van der Waals surface area contributed by atoms with E-state index >= 15 is 0 Å². The minimum absolute atomic E-state index is 0.408. The van der Waals surface area contributed by atoms with Gasteiger partial charge in [0, 0.05) is 55.6 Å². The summed E-state index contributed by atoms with van der Waals surface area (Å²) < 4.78 is 18.2. The standard InChI is InChI=1S/C36H40BrN3O4S/c1-22-8-10-25(31(16-22)42-5)21-40(4)15-14-36(41,27-17-23(2)38-33(20-27)43-6)34(32-13-9-24(3)45-32)29-19-26-18-28(37)11-12-30(26)39-35(29)44-7/h8-13,16-20,34,41H,14-15,21H2,1-7H3. The molecular weight excluding hydrogens is 650 g/mol. The summed E-state index contributed by atoms with van der Waals surface area (Å²) in [5.74, 6) is 1.29. The highest BCUT2D eigenvalue weighted by molar-refractivity contribution is 9.10. The Morgan fingerprint density at radius 2 is 1.71 bits per heavy atom. The number of methoxy groups -OCH3 is 3. The first-order valence-corrected chi connectivity index (χ1v) is 16.4. The lowest BCUT2D eigenvalue weighted by molar-refractivity contribution is 0.00224. The minimum atomic E-state index is -1.39. The van der Waals surface area contributed by atoms with Gasteiger partial charge in [-0.25, -0.2) is 9.97 Å². The molecule has 0 fully saturated rings. The summed E-state index contributed by atoms with van der Waals surface area (Å²) in [5, 5.41) is 14.2. The molecule has 3 aromatic heterocycles. The molecule has 0 amide bonds. The normalized spacial score (nSPS) is 13.6. The molecule has 2 aromatic carbocycles. The van der Waals surface area contributed by atoms with Crippen LogP contribution in [-0.4, -0.2) is 54.9 Å². The van der Waals surface area contributed by atoms with Gasteiger partial charge in [0.15, 0.2) is 0 Å². The van der Waals surface area contributed by atoms with E-state index in [1.807, 2.05) is 37.3 Å². The van der Waals surface area contributed by atoms with E-state index in [0.29, 0.717) is 31.3 Å². The Morgan fingerprint density at radius 3 is 2.40 bits per heavy atom. The van der Waals surface area contributed by atoms with E-state index in [1.165, 1.54) is 0 Å². The second-order valence-corrected chi connectivity index (χ2v) is 13.8. The van der Waals surface area contributed by atoms with Crippen LogP contribution in [0.4, 0.5) is 0 Å². The number of fused-ring (bicyclic) bond motifs is 1. The number of hydrogen-bond donors (Lipinski definition) is 1. The van der Waals surface area contributed by atoms with E-state index in [4.69, 9.17) is 19.2 Å². The van der Waals surface area contributed by atoms with Crippen molar-refractivity contribution in [2.45, 2.75) is 45.3 Å². The van der Waals surface area contributed by atoms with Gasteiger partial charge < -0.3 is 24.2 Å². The van der Waals surface area contributed by atoms with Crippen LogP contribution in [0.5, 0.6) is 17.5 Å². The molecule has 0 spiro atoms. The number of pyridine rings is 2. The topological polar surface area (TPSA) is 76.9 Å². The fourth-order valence-corrected chi connectivity index (χ4v) is 7.39. The van der Waals surface area contributed by atoms with Gasteiger partial charge in [-0.05, 0) is 93.9 Å². The van der Waals surface area contributed by atoms with Crippen LogP contribution >= 0.6 is 27.3 Å². The maximum Gasteiger partial charge on any atom is 0.217 e. The van der Waals surface area contributed by atoms with Crippen LogP contribution in [0.15, 0.2) is 71.2 Å². The smallest absolute Gasteiger partial charge is 0.217 e. The molecule has 0 radical (unpaired) electrons. The molecular formula is C36H40BrN3O4S. The molecule has 0 aliphatic heterocycles. The first kappa shape index (κ1) is 32.9. The third kappa shape index (κ3) is 7.17. The number of thiophene rings is 1. The summed E-state index contributed by atoms with van der Waals surface area (Å²) in [6.07, 6.45) is 0.408. The van der Waals surface area contributed by atoms with Crippen LogP contribution in [0.25, 0.3) is 10.9 Å². The molecule has 0 saturated carbocycles. The molecule has 3 heterocycles. The van der Waals surface area contributed by atoms with Crippen LogP contribution in [0.2, 0.25) is 0 Å². The van der Waals surface area contributed by atoms with Gasteiger partial charge in [0.2, 0.25) is 11.8 Å². The van der Waals surface area contributed by atoms with Gasteiger partial charge >= 0.3 is 0 Å². The summed E-state index contributed by atoms with van der Waals surface area (Å²) in [5.41, 5.74) is 3.95. The lowest BCUT2D eigenvalue weighted by atomic mass is 9.74. The molecule has 1 N–H and O–H groups in total. The fraction of sp³-hybridized carbons (Fsp3) is 0.333. The van der Waals surface area contributed by atoms with Gasteiger partial charge in [-0.15, -0.1) is 11.3 Å². The van der Waals surface area contributed by atoms with E-state index in [9.17, 15) is 5.11 Å². The number of nitrogens with zero attached hydrogens (tertiary/aromatic N) is 3. The highest BCUT2D eigenvalue weighted by Gasteiger charge is 2.43. The second-order valence-electron chi connectivity index (χ2n) is 11.6. The minimum Gasteiger partial charge on any atom is -0.496 e. The molecule has 0 aliphatic carbocycles. The lowest BCUT2D eigenvalue weighted by Crippen LogP contribution is -2.38. The molecule has 45 heavy (non-hydrogen) atoms. The highest BCUT2D eigenvalue weighted by Crippen LogP contribution is 2.49. The number of aromatic nitrogens is 2. The van der Waals surface area contributed by atoms with Crippen LogP contribution in [0, 0.1) is 20.8 Å². The summed E-state index contributed by atoms with van der Waals surface area (Å²) in [6, 6.07) is 22.3. The Balaban J connectivity index is 1.66. The van der Waals surface area contributed by atoms with Crippen molar-refractivity contribution in [1.82, 2.24) is 14.9 Å². The molecule has 0 bridgehead atoms. The molecule has 0 saturated heterocycles. The Kier molecular flexibility index (Phi) is 10.1. The summed E-state index contributed by atoms with van der Waals surface area (Å²) in [6.45, 7) is 7.31. The third-order valence-electron chi connectivity index (χ3n) is 8.19. The Labute approximate surface area is 278 Å². The predicted molar refractivity (Wildman–Crippen MR) is 185 cm³/mol. The first-order chi connectivity index (χ1) is 21.5. The van der Waals surface area contributed by atoms with E-state index in [2.05, 4.69) is 83.1 Å². The fourth-order valence-electron chi connectivity index (χ4n) is 5.93. The Morgan fingerprint density at radius 1 is 0.911 bits per heavy atom. The van der Waals surface area contributed by atoms with E-state index in [1.54, 1.807) is 32.7 Å². The lowest BCUT2D eigenvalue weighted by Gasteiger charge is -2.38. The number of rotatable bonds is 12. The monoisotopic (exact) mass is 689 g/mol. The highest BCUT2D eigenvalue weighted by atomic mass is 79.9. The number of benzene rings is 2. The average Bonchev–Trinajstić information content (AvgIpc) is 3.45. The summed E-state index contributed by atoms with van der Waals surface area (Å²) in [4.78, 5) is 13.8. The number of ether oxygens (including phenoxy) is 3. The Bertz CT molecular complexity index is 1810. The van der Waals surface area contributed by atoms with E-state index in [-0.39, 0.29) is 0 Å². The van der Waals surface area contributed by atoms with Crippen LogP contribution < -0.4 is 14.2 Å². The maximum absolute atomic E-state index is 13.3. The largest absolute Gasteiger partial charge is 0.496 e. The SMILES string of the molecule is COc1cc(C(O)(CCN(C)Cc2ccc(C)cc2OC)C(c2ccc(C)s2)c2cc3cc(Br)ccc3nc2OC)cc(C)n1.